The smallest absolute Gasteiger partial charge is 0.322 e. The molecule has 2 aromatic carbocycles. The number of nitrogens with zero attached hydrogens (tertiary/aromatic N) is 2. The molecule has 1 aliphatic heterocycles. The average molecular weight is 608 g/mol. The number of ether oxygens (including phenoxy) is 1. The number of hydrogen-bond acceptors (Lipinski definition) is 7. The molecule has 0 radical (unpaired) electrons. The Kier molecular flexibility index (Phi) is 9.16. The number of amides is 1. The number of carboxylic acid groups (broad SMARTS) is 1. The van der Waals surface area contributed by atoms with Crippen LogP contribution in [0.3, 0.4) is 0 Å². The van der Waals surface area contributed by atoms with Crippen molar-refractivity contribution in [2.45, 2.75) is 31.2 Å². The first-order valence-electron chi connectivity index (χ1n) is 14.4. The fraction of sp³-hybridized carbons (Fsp3) is 0.375. The Labute approximate surface area is 251 Å². The van der Waals surface area contributed by atoms with Crippen molar-refractivity contribution in [2.24, 2.45) is 5.92 Å². The zero-order valence-corrected chi connectivity index (χ0v) is 25.1. The molecule has 1 aliphatic carbocycles. The number of aliphatic carboxylic acids is 1. The maximum Gasteiger partial charge on any atom is 0.322 e. The van der Waals surface area contributed by atoms with Gasteiger partial charge < -0.3 is 19.6 Å². The molecule has 1 fully saturated rings. The van der Waals surface area contributed by atoms with E-state index in [-0.39, 0.29) is 18.7 Å². The largest absolute Gasteiger partial charge is 0.480 e. The number of allylic oxidation sites excluding steroid dienone is 2. The van der Waals surface area contributed by atoms with Gasteiger partial charge >= 0.3 is 5.97 Å². The summed E-state index contributed by atoms with van der Waals surface area (Å²) in [6, 6.07) is 16.8. The third-order valence-corrected chi connectivity index (χ3v) is 10.3. The highest BCUT2D eigenvalue weighted by atomic mass is 32.2. The lowest BCUT2D eigenvalue weighted by Crippen LogP contribution is -2.62. The molecule has 2 heterocycles. The van der Waals surface area contributed by atoms with Gasteiger partial charge in [-0.15, -0.1) is 0 Å². The number of fused-ring (bicyclic) bond motifs is 1. The van der Waals surface area contributed by atoms with Gasteiger partial charge in [0.2, 0.25) is 10.0 Å². The summed E-state index contributed by atoms with van der Waals surface area (Å²) in [5.41, 5.74) is 2.18. The van der Waals surface area contributed by atoms with Crippen molar-refractivity contribution in [2.75, 3.05) is 39.4 Å². The summed E-state index contributed by atoms with van der Waals surface area (Å²) in [5, 5.41) is 13.7. The number of para-hydroxylation sites is 1. The highest BCUT2D eigenvalue weighted by molar-refractivity contribution is 7.90. The van der Waals surface area contributed by atoms with Gasteiger partial charge in [0.15, 0.2) is 10.6 Å². The highest BCUT2D eigenvalue weighted by Crippen LogP contribution is 2.35. The van der Waals surface area contributed by atoms with Crippen molar-refractivity contribution in [3.8, 4) is 0 Å². The van der Waals surface area contributed by atoms with E-state index < -0.39 is 38.7 Å². The zero-order chi connectivity index (χ0) is 30.6. The summed E-state index contributed by atoms with van der Waals surface area (Å²) < 4.78 is 41.9. The van der Waals surface area contributed by atoms with Gasteiger partial charge in [0.05, 0.1) is 13.2 Å². The van der Waals surface area contributed by atoms with E-state index in [1.807, 2.05) is 36.4 Å². The lowest BCUT2D eigenvalue weighted by Gasteiger charge is -2.41. The minimum absolute atomic E-state index is 0.0412. The van der Waals surface area contributed by atoms with Gasteiger partial charge in [-0.2, -0.15) is 4.31 Å². The fourth-order valence-electron chi connectivity index (χ4n) is 5.59. The number of carboxylic acids is 1. The summed E-state index contributed by atoms with van der Waals surface area (Å²) in [6.07, 6.45) is 4.78. The van der Waals surface area contributed by atoms with Crippen molar-refractivity contribution in [1.82, 2.24) is 14.5 Å². The SMILES string of the molecule is CC(C)[C@@H](C(=O)O)N(CCN1CCOCC1)S(=O)(=O)C1(NC(=O)c2cc3ccccc3o2)C=CC(c2ccccc2)=CC1. The highest BCUT2D eigenvalue weighted by Gasteiger charge is 2.51. The van der Waals surface area contributed by atoms with E-state index in [4.69, 9.17) is 9.15 Å². The first kappa shape index (κ1) is 30.7. The van der Waals surface area contributed by atoms with Gasteiger partial charge in [0.25, 0.3) is 5.91 Å². The van der Waals surface area contributed by atoms with E-state index in [9.17, 15) is 23.1 Å². The molecule has 43 heavy (non-hydrogen) atoms. The summed E-state index contributed by atoms with van der Waals surface area (Å²) in [5.74, 6) is -2.55. The normalized spacial score (nSPS) is 20.3. The van der Waals surface area contributed by atoms with Gasteiger partial charge in [-0.1, -0.05) is 74.5 Å². The van der Waals surface area contributed by atoms with Crippen molar-refractivity contribution in [3.05, 3.63) is 90.2 Å². The lowest BCUT2D eigenvalue weighted by molar-refractivity contribution is -0.143. The Morgan fingerprint density at radius 3 is 2.40 bits per heavy atom. The predicted molar refractivity (Wildman–Crippen MR) is 164 cm³/mol. The second-order valence-electron chi connectivity index (χ2n) is 11.2. The zero-order valence-electron chi connectivity index (χ0n) is 24.3. The summed E-state index contributed by atoms with van der Waals surface area (Å²) >= 11 is 0. The second kappa shape index (κ2) is 12.8. The number of nitrogens with one attached hydrogen (secondary N) is 1. The van der Waals surface area contributed by atoms with Crippen LogP contribution in [0.4, 0.5) is 0 Å². The molecule has 0 spiro atoms. The molecule has 10 nitrogen and oxygen atoms in total. The van der Waals surface area contributed by atoms with E-state index >= 15 is 0 Å². The van der Waals surface area contributed by atoms with Crippen LogP contribution < -0.4 is 5.32 Å². The van der Waals surface area contributed by atoms with Gasteiger partial charge in [0, 0.05) is 38.0 Å². The molecule has 2 atom stereocenters. The Hall–Kier alpha value is -3.77. The number of rotatable bonds is 11. The molecule has 2 N–H and O–H groups in total. The number of carbonyl (C=O) groups is 2. The monoisotopic (exact) mass is 607 g/mol. The van der Waals surface area contributed by atoms with Gasteiger partial charge in [-0.05, 0) is 35.3 Å². The summed E-state index contributed by atoms with van der Waals surface area (Å²) in [7, 11) is -4.52. The maximum atomic E-state index is 14.8. The van der Waals surface area contributed by atoms with E-state index in [0.29, 0.717) is 43.8 Å². The first-order chi connectivity index (χ1) is 20.6. The molecule has 0 bridgehead atoms. The van der Waals surface area contributed by atoms with E-state index in [2.05, 4.69) is 10.2 Å². The van der Waals surface area contributed by atoms with Crippen LogP contribution in [-0.4, -0.2) is 84.9 Å². The molecule has 1 unspecified atom stereocenters. The van der Waals surface area contributed by atoms with Crippen LogP contribution in [0.15, 0.2) is 83.3 Å². The fourth-order valence-corrected chi connectivity index (χ4v) is 7.72. The third kappa shape index (κ3) is 6.45. The number of benzene rings is 2. The minimum Gasteiger partial charge on any atom is -0.480 e. The number of sulfonamides is 1. The number of hydrogen-bond donors (Lipinski definition) is 2. The van der Waals surface area contributed by atoms with Gasteiger partial charge in [0.1, 0.15) is 11.6 Å². The van der Waals surface area contributed by atoms with Crippen LogP contribution in [0, 0.1) is 5.92 Å². The molecule has 5 rings (SSSR count). The quantitative estimate of drug-likeness (QED) is 0.335. The Morgan fingerprint density at radius 1 is 1.07 bits per heavy atom. The summed E-state index contributed by atoms with van der Waals surface area (Å²) in [4.78, 5) is 26.3. The summed E-state index contributed by atoms with van der Waals surface area (Å²) in [6.45, 7) is 5.89. The van der Waals surface area contributed by atoms with E-state index in [1.54, 1.807) is 50.3 Å². The van der Waals surface area contributed by atoms with Crippen LogP contribution >= 0.6 is 0 Å². The van der Waals surface area contributed by atoms with Crippen molar-refractivity contribution in [1.29, 1.82) is 0 Å². The van der Waals surface area contributed by atoms with Crippen molar-refractivity contribution >= 4 is 38.4 Å². The molecule has 2 aliphatic rings. The Balaban J connectivity index is 1.55. The molecular formula is C32H37N3O7S. The number of carbonyl (C=O) groups excluding carboxylic acids is 1. The minimum atomic E-state index is -4.52. The average Bonchev–Trinajstić information content (AvgIpc) is 3.45. The maximum absolute atomic E-state index is 14.8. The molecular weight excluding hydrogens is 570 g/mol. The Morgan fingerprint density at radius 2 is 1.77 bits per heavy atom. The number of furan rings is 1. The van der Waals surface area contributed by atoms with Crippen LogP contribution in [-0.2, 0) is 19.6 Å². The number of morpholine rings is 1. The van der Waals surface area contributed by atoms with Gasteiger partial charge in [-0.25, -0.2) is 8.42 Å². The first-order valence-corrected chi connectivity index (χ1v) is 15.9. The van der Waals surface area contributed by atoms with Crippen molar-refractivity contribution < 1.29 is 32.3 Å². The third-order valence-electron chi connectivity index (χ3n) is 7.94. The standard InChI is InChI=1S/C32H37N3O7S/c1-23(2)29(31(37)38)35(17-16-34-18-20-41-21-19-34)43(39,40)32(14-12-25(13-15-32)24-8-4-3-5-9-24)33-30(36)28-22-26-10-6-7-11-27(26)42-28/h3-14,22-23,29H,15-21H2,1-2H3,(H,33,36)(H,37,38)/t29-,32?/m0/s1. The van der Waals surface area contributed by atoms with Crippen LogP contribution in [0.1, 0.15) is 36.4 Å². The predicted octanol–water partition coefficient (Wildman–Crippen LogP) is 3.98. The lowest BCUT2D eigenvalue weighted by atomic mass is 9.96. The van der Waals surface area contributed by atoms with Crippen LogP contribution in [0.2, 0.25) is 0 Å². The van der Waals surface area contributed by atoms with E-state index in [1.165, 1.54) is 6.08 Å². The molecule has 1 amide bonds. The molecule has 3 aromatic rings. The molecule has 1 saturated heterocycles. The molecule has 0 saturated carbocycles. The molecule has 228 valence electrons. The molecule has 1 aromatic heterocycles. The van der Waals surface area contributed by atoms with Crippen LogP contribution in [0.5, 0.6) is 0 Å². The topological polar surface area (TPSA) is 129 Å². The second-order valence-corrected chi connectivity index (χ2v) is 13.3. The van der Waals surface area contributed by atoms with Crippen LogP contribution in [0.25, 0.3) is 16.5 Å². The van der Waals surface area contributed by atoms with Crippen molar-refractivity contribution in [3.63, 3.8) is 0 Å². The molecule has 11 heteroatoms. The Bertz CT molecular complexity index is 1590. The van der Waals surface area contributed by atoms with Gasteiger partial charge in [-0.3, -0.25) is 14.5 Å². The van der Waals surface area contributed by atoms with E-state index in [0.717, 1.165) is 15.4 Å².